The number of carbonyl (C=O) groups excluding carboxylic acids is 4. The smallest absolute Gasteiger partial charge is 0.305 e. The molecule has 0 aliphatic carbocycles. The monoisotopic (exact) mass is 417 g/mol. The third-order valence-electron chi connectivity index (χ3n) is 3.64. The number of rotatable bonds is 7. The maximum absolute atomic E-state index is 11.7. The molecule has 0 amide bonds. The van der Waals surface area contributed by atoms with Crippen LogP contribution in [0.5, 0.6) is 0 Å². The molecule has 11 heteroatoms. The zero-order chi connectivity index (χ0) is 22.1. The zero-order valence-corrected chi connectivity index (χ0v) is 17.3. The van der Waals surface area contributed by atoms with Gasteiger partial charge in [0.15, 0.2) is 24.1 Å². The maximum atomic E-state index is 11.7. The predicted molar refractivity (Wildman–Crippen MR) is 96.7 cm³/mol. The van der Waals surface area contributed by atoms with Gasteiger partial charge < -0.3 is 28.4 Å². The Morgan fingerprint density at radius 2 is 1.34 bits per heavy atom. The van der Waals surface area contributed by atoms with Crippen LogP contribution in [-0.2, 0) is 47.6 Å². The molecule has 164 valence electrons. The van der Waals surface area contributed by atoms with Crippen LogP contribution in [0.25, 0.3) is 0 Å². The van der Waals surface area contributed by atoms with Gasteiger partial charge in [-0.1, -0.05) is 0 Å². The summed E-state index contributed by atoms with van der Waals surface area (Å²) in [4.78, 5) is 50.5. The van der Waals surface area contributed by atoms with E-state index >= 15 is 0 Å². The van der Waals surface area contributed by atoms with Crippen molar-refractivity contribution in [3.63, 3.8) is 0 Å². The van der Waals surface area contributed by atoms with E-state index in [0.717, 1.165) is 6.92 Å². The molecule has 0 saturated carbocycles. The van der Waals surface area contributed by atoms with Crippen molar-refractivity contribution in [1.29, 1.82) is 0 Å². The summed E-state index contributed by atoms with van der Waals surface area (Å²) in [7, 11) is 0. The number of esters is 4. The summed E-state index contributed by atoms with van der Waals surface area (Å²) in [6, 6.07) is -1.09. The molecule has 1 heterocycles. The van der Waals surface area contributed by atoms with Gasteiger partial charge >= 0.3 is 23.9 Å². The molecule has 0 bridgehead atoms. The Hall–Kier alpha value is -2.69. The summed E-state index contributed by atoms with van der Waals surface area (Å²) in [6.07, 6.45) is -4.74. The van der Waals surface area contributed by atoms with Gasteiger partial charge in [0.1, 0.15) is 12.7 Å². The maximum Gasteiger partial charge on any atom is 0.305 e. The van der Waals surface area contributed by atoms with Crippen molar-refractivity contribution < 1.29 is 47.6 Å². The van der Waals surface area contributed by atoms with Crippen LogP contribution in [0.3, 0.4) is 0 Å². The van der Waals surface area contributed by atoms with Crippen molar-refractivity contribution >= 4 is 29.8 Å². The second-order valence-electron chi connectivity index (χ2n) is 6.17. The second kappa shape index (κ2) is 11.3. The Morgan fingerprint density at radius 1 is 0.793 bits per heavy atom. The number of aliphatic imine (C=N–C) groups is 1. The van der Waals surface area contributed by atoms with Gasteiger partial charge in [0, 0.05) is 34.6 Å². The second-order valence-corrected chi connectivity index (χ2v) is 6.17. The Morgan fingerprint density at radius 3 is 1.83 bits per heavy atom. The number of nitrogens with zero attached hydrogens (tertiary/aromatic N) is 1. The molecule has 5 atom stereocenters. The molecule has 0 aromatic heterocycles. The minimum absolute atomic E-state index is 0.218. The van der Waals surface area contributed by atoms with Gasteiger partial charge in [0.25, 0.3) is 0 Å². The number of ether oxygens (including phenoxy) is 6. The van der Waals surface area contributed by atoms with E-state index in [1.807, 2.05) is 0 Å². The Labute approximate surface area is 168 Å². The fraction of sp³-hybridized carbons (Fsp3) is 0.722. The van der Waals surface area contributed by atoms with E-state index in [2.05, 4.69) is 4.99 Å². The summed E-state index contributed by atoms with van der Waals surface area (Å²) in [5, 5.41) is 0. The number of hydrogen-bond acceptors (Lipinski definition) is 11. The average Bonchev–Trinajstić information content (AvgIpc) is 2.57. The fourth-order valence-corrected chi connectivity index (χ4v) is 2.74. The highest BCUT2D eigenvalue weighted by Crippen LogP contribution is 2.30. The molecule has 1 saturated heterocycles. The van der Waals surface area contributed by atoms with Gasteiger partial charge in [-0.15, -0.1) is 0 Å². The third-order valence-corrected chi connectivity index (χ3v) is 3.64. The fourth-order valence-electron chi connectivity index (χ4n) is 2.74. The van der Waals surface area contributed by atoms with E-state index in [9.17, 15) is 19.2 Å². The molecule has 11 nitrogen and oxygen atoms in total. The normalized spacial score (nSPS) is 26.8. The zero-order valence-electron chi connectivity index (χ0n) is 17.3. The Balaban J connectivity index is 3.38. The molecule has 1 rings (SSSR count). The predicted octanol–water partition coefficient (Wildman–Crippen LogP) is 0.524. The molecule has 0 aromatic carbocycles. The van der Waals surface area contributed by atoms with E-state index in [1.165, 1.54) is 20.8 Å². The first-order valence-electron chi connectivity index (χ1n) is 9.02. The summed E-state index contributed by atoms with van der Waals surface area (Å²) in [5.74, 6) is -2.43. The average molecular weight is 417 g/mol. The van der Waals surface area contributed by atoms with Crippen LogP contribution in [0, 0.1) is 0 Å². The topological polar surface area (TPSA) is 136 Å². The lowest BCUT2D eigenvalue weighted by molar-refractivity contribution is -0.267. The molecule has 29 heavy (non-hydrogen) atoms. The lowest BCUT2D eigenvalue weighted by Gasteiger charge is -2.42. The summed E-state index contributed by atoms with van der Waals surface area (Å²) < 4.78 is 31.8. The molecule has 0 N–H and O–H groups in total. The van der Waals surface area contributed by atoms with Crippen molar-refractivity contribution in [3.8, 4) is 0 Å². The van der Waals surface area contributed by atoms with Crippen LogP contribution in [0.15, 0.2) is 4.99 Å². The van der Waals surface area contributed by atoms with Crippen molar-refractivity contribution in [2.24, 2.45) is 4.99 Å². The first-order chi connectivity index (χ1) is 13.5. The Kier molecular flexibility index (Phi) is 9.53. The molecule has 0 unspecified atom stereocenters. The molecule has 0 aromatic rings. The third kappa shape index (κ3) is 8.06. The quantitative estimate of drug-likeness (QED) is 0.250. The lowest BCUT2D eigenvalue weighted by atomic mass is 9.96. The van der Waals surface area contributed by atoms with E-state index in [1.54, 1.807) is 13.8 Å². The van der Waals surface area contributed by atoms with Crippen LogP contribution in [-0.4, -0.2) is 73.6 Å². The van der Waals surface area contributed by atoms with Gasteiger partial charge in [0.05, 0.1) is 6.61 Å². The van der Waals surface area contributed by atoms with Crippen molar-refractivity contribution in [1.82, 2.24) is 0 Å². The van der Waals surface area contributed by atoms with E-state index in [-0.39, 0.29) is 12.5 Å². The van der Waals surface area contributed by atoms with Gasteiger partial charge in [-0.25, -0.2) is 4.99 Å². The molecular weight excluding hydrogens is 390 g/mol. The highest BCUT2D eigenvalue weighted by Gasteiger charge is 2.52. The molecule has 1 aliphatic rings. The Bertz CT molecular complexity index is 647. The van der Waals surface area contributed by atoms with Gasteiger partial charge in [-0.3, -0.25) is 19.2 Å². The van der Waals surface area contributed by atoms with Gasteiger partial charge in [-0.2, -0.15) is 0 Å². The number of hydrogen-bond donors (Lipinski definition) is 0. The highest BCUT2D eigenvalue weighted by molar-refractivity contribution is 5.74. The molecular formula is C18H27NO10. The first kappa shape index (κ1) is 24.3. The summed E-state index contributed by atoms with van der Waals surface area (Å²) >= 11 is 0. The summed E-state index contributed by atoms with van der Waals surface area (Å²) in [5.41, 5.74) is 0. The minimum Gasteiger partial charge on any atom is -0.481 e. The van der Waals surface area contributed by atoms with E-state index in [4.69, 9.17) is 28.4 Å². The van der Waals surface area contributed by atoms with Crippen molar-refractivity contribution in [3.05, 3.63) is 0 Å². The van der Waals surface area contributed by atoms with E-state index in [0.29, 0.717) is 6.61 Å². The highest BCUT2D eigenvalue weighted by atomic mass is 16.7. The van der Waals surface area contributed by atoms with Crippen LogP contribution in [0.2, 0.25) is 0 Å². The van der Waals surface area contributed by atoms with Crippen molar-refractivity contribution in [2.75, 3.05) is 13.2 Å². The minimum atomic E-state index is -1.31. The van der Waals surface area contributed by atoms with Crippen LogP contribution in [0.1, 0.15) is 41.5 Å². The van der Waals surface area contributed by atoms with Crippen molar-refractivity contribution in [2.45, 2.75) is 72.2 Å². The van der Waals surface area contributed by atoms with Crippen LogP contribution < -0.4 is 0 Å². The van der Waals surface area contributed by atoms with Crippen LogP contribution >= 0.6 is 0 Å². The van der Waals surface area contributed by atoms with Gasteiger partial charge in [0.2, 0.25) is 6.29 Å². The molecule has 1 aliphatic heterocycles. The molecule has 0 radical (unpaired) electrons. The largest absolute Gasteiger partial charge is 0.481 e. The first-order valence-corrected chi connectivity index (χ1v) is 9.02. The standard InChI is InChI=1S/C18H27NO10/c1-7-24-9(2)19-15-17(27-12(5)22)16(26-11(4)21)14(8-25-10(3)20)29-18(15)28-13(6)23/h14-18H,7-8H2,1-6H3/t14-,15-,16-,17-,18+/m1/s1. The SMILES string of the molecule is CCOC(C)=N[C@H]1[C@@H](OC(C)=O)O[C@H](COC(C)=O)[C@@H](OC(C)=O)[C@@H]1OC(C)=O. The number of carbonyl (C=O) groups is 4. The van der Waals surface area contributed by atoms with Crippen LogP contribution in [0.4, 0.5) is 0 Å². The van der Waals surface area contributed by atoms with Gasteiger partial charge in [-0.05, 0) is 6.92 Å². The lowest BCUT2D eigenvalue weighted by Crippen LogP contribution is -2.61. The summed E-state index contributed by atoms with van der Waals surface area (Å²) in [6.45, 7) is 7.99. The molecule has 1 fully saturated rings. The van der Waals surface area contributed by atoms with E-state index < -0.39 is 54.5 Å². The molecule has 0 spiro atoms.